The average molecular weight is 366 g/mol. The third-order valence-corrected chi connectivity index (χ3v) is 2.55. The molecule has 0 unspecified atom stereocenters. The van der Waals surface area contributed by atoms with Crippen LogP contribution in [0.3, 0.4) is 0 Å². The van der Waals surface area contributed by atoms with Crippen LogP contribution in [0, 0.1) is 0 Å². The molecule has 1 N–H and O–H groups in total. The maximum absolute atomic E-state index is 12.7. The van der Waals surface area contributed by atoms with Gasteiger partial charge in [0.15, 0.2) is 0 Å². The van der Waals surface area contributed by atoms with Crippen molar-refractivity contribution in [2.75, 3.05) is 0 Å². The van der Waals surface area contributed by atoms with Gasteiger partial charge in [-0.1, -0.05) is 0 Å². The molecule has 0 aliphatic carbocycles. The molecule has 0 fully saturated rings. The molecule has 0 aromatic heterocycles. The van der Waals surface area contributed by atoms with Gasteiger partial charge < -0.3 is 0 Å². The maximum atomic E-state index is 12.7. The zero-order valence-electron chi connectivity index (χ0n) is 8.74. The molecule has 16 heteroatoms. The molecule has 0 rings (SSSR count). The highest BCUT2D eigenvalue weighted by atomic mass is 32.2. The Labute approximate surface area is 107 Å². The Balaban J connectivity index is 6.01. The van der Waals surface area contributed by atoms with Crippen LogP contribution in [0.2, 0.25) is 0 Å². The van der Waals surface area contributed by atoms with Crippen molar-refractivity contribution in [1.29, 1.82) is 0 Å². The molecule has 128 valence electrons. The first-order chi connectivity index (χ1) is 8.71. The molecule has 0 aliphatic rings. The van der Waals surface area contributed by atoms with Crippen LogP contribution in [0.5, 0.6) is 0 Å². The normalized spacial score (nSPS) is 16.2. The van der Waals surface area contributed by atoms with Crippen LogP contribution in [0.25, 0.3) is 0 Å². The fraction of sp³-hybridized carbons (Fsp3) is 1.00. The van der Waals surface area contributed by atoms with E-state index in [0.29, 0.717) is 0 Å². The number of hydrogen-bond donors (Lipinski definition) is 1. The summed E-state index contributed by atoms with van der Waals surface area (Å²) in [5.74, 6) is -7.32. The molecule has 0 aliphatic heterocycles. The summed E-state index contributed by atoms with van der Waals surface area (Å²) < 4.78 is 162. The van der Waals surface area contributed by atoms with Crippen LogP contribution >= 0.6 is 0 Å². The lowest BCUT2D eigenvalue weighted by atomic mass is 10.3. The van der Waals surface area contributed by atoms with Crippen molar-refractivity contribution in [2.24, 2.45) is 0 Å². The molecule has 0 aromatic rings. The van der Waals surface area contributed by atoms with Gasteiger partial charge in [0.1, 0.15) is 0 Å². The molecule has 0 amide bonds. The van der Waals surface area contributed by atoms with Gasteiger partial charge in [0.05, 0.1) is 0 Å². The summed E-state index contributed by atoms with van der Waals surface area (Å²) in [6.07, 6.45) is -21.8. The largest absolute Gasteiger partial charge is 0.460 e. The molecular weight excluding hydrogens is 365 g/mol. The zero-order chi connectivity index (χ0) is 17.7. The predicted octanol–water partition coefficient (Wildman–Crippen LogP) is 2.87. The highest BCUT2D eigenvalue weighted by Gasteiger charge is 2.81. The second kappa shape index (κ2) is 4.80. The van der Waals surface area contributed by atoms with E-state index >= 15 is 0 Å². The maximum Gasteiger partial charge on any atom is 0.460 e. The van der Waals surface area contributed by atoms with Crippen molar-refractivity contribution in [3.63, 3.8) is 0 Å². The fourth-order valence-corrected chi connectivity index (χ4v) is 1.00. The van der Waals surface area contributed by atoms with E-state index in [1.54, 1.807) is 0 Å². The Morgan fingerprint density at radius 2 is 1.00 bits per heavy atom. The first-order valence-electron chi connectivity index (χ1n) is 3.96. The third kappa shape index (κ3) is 3.31. The van der Waals surface area contributed by atoms with Gasteiger partial charge in [0, 0.05) is 0 Å². The van der Waals surface area contributed by atoms with Crippen LogP contribution in [-0.2, 0) is 14.9 Å². The number of ether oxygens (including phenoxy) is 1. The molecule has 0 spiro atoms. The van der Waals surface area contributed by atoms with Gasteiger partial charge in [-0.25, -0.2) is 0 Å². The minimum absolute atomic E-state index is 1.41. The van der Waals surface area contributed by atoms with Crippen molar-refractivity contribution in [1.82, 2.24) is 0 Å². The van der Waals surface area contributed by atoms with Gasteiger partial charge in [0.25, 0.3) is 0 Å². The SMILES string of the molecule is O=S(=O)(O)C(F)(F)C(F)(F)OC(F)(C(F)(F)F)C(F)(F)F. The Kier molecular flexibility index (Phi) is 4.60. The number of halogens is 11. The number of rotatable bonds is 4. The molecule has 21 heavy (non-hydrogen) atoms. The topological polar surface area (TPSA) is 63.6 Å². The molecule has 0 heterocycles. The van der Waals surface area contributed by atoms with E-state index in [0.717, 1.165) is 0 Å². The molecule has 0 aromatic carbocycles. The second-order valence-electron chi connectivity index (χ2n) is 3.20. The zero-order valence-corrected chi connectivity index (χ0v) is 9.55. The van der Waals surface area contributed by atoms with E-state index in [2.05, 4.69) is 0 Å². The smallest absolute Gasteiger partial charge is 0.281 e. The van der Waals surface area contributed by atoms with E-state index in [1.807, 2.05) is 0 Å². The minimum atomic E-state index is -7.32. The summed E-state index contributed by atoms with van der Waals surface area (Å²) in [5.41, 5.74) is 0. The van der Waals surface area contributed by atoms with Crippen LogP contribution in [0.1, 0.15) is 0 Å². The van der Waals surface area contributed by atoms with E-state index in [4.69, 9.17) is 4.55 Å². The molecule has 0 saturated carbocycles. The van der Waals surface area contributed by atoms with E-state index in [-0.39, 0.29) is 0 Å². The van der Waals surface area contributed by atoms with Gasteiger partial charge in [-0.05, 0) is 0 Å². The van der Waals surface area contributed by atoms with E-state index in [1.165, 1.54) is 4.74 Å². The minimum Gasteiger partial charge on any atom is -0.281 e. The standard InChI is InChI=1S/C5HF11O4S/c6-1(2(7,8)9,3(10,11)12)20-4(13,14)5(15,16)21(17,18)19/h(H,17,18,19). The highest BCUT2D eigenvalue weighted by Crippen LogP contribution is 2.52. The highest BCUT2D eigenvalue weighted by molar-refractivity contribution is 7.86. The third-order valence-electron chi connectivity index (χ3n) is 1.66. The van der Waals surface area contributed by atoms with Gasteiger partial charge in [-0.15, -0.1) is 0 Å². The van der Waals surface area contributed by atoms with Gasteiger partial charge in [-0.3, -0.25) is 9.29 Å². The van der Waals surface area contributed by atoms with Gasteiger partial charge in [-0.2, -0.15) is 56.7 Å². The van der Waals surface area contributed by atoms with Crippen LogP contribution in [0.15, 0.2) is 0 Å². The summed E-state index contributed by atoms with van der Waals surface area (Å²) in [7, 11) is -7.23. The first-order valence-corrected chi connectivity index (χ1v) is 5.40. The molecular formula is C5HF11O4S. The quantitative estimate of drug-likeness (QED) is 0.614. The second-order valence-corrected chi connectivity index (χ2v) is 4.66. The average Bonchev–Trinajstić information content (AvgIpc) is 2.10. The van der Waals surface area contributed by atoms with E-state index < -0.39 is 39.7 Å². The van der Waals surface area contributed by atoms with Crippen LogP contribution in [0.4, 0.5) is 48.3 Å². The summed E-state index contributed by atoms with van der Waals surface area (Å²) in [4.78, 5) is 0. The lowest BCUT2D eigenvalue weighted by Gasteiger charge is -2.34. The fourth-order valence-electron chi connectivity index (χ4n) is 0.663. The lowest BCUT2D eigenvalue weighted by Crippen LogP contribution is -2.62. The summed E-state index contributed by atoms with van der Waals surface area (Å²) in [6, 6.07) is 0. The molecule has 0 radical (unpaired) electrons. The Hall–Kier alpha value is -0.900. The monoisotopic (exact) mass is 366 g/mol. The Morgan fingerprint density at radius 1 is 0.714 bits per heavy atom. The van der Waals surface area contributed by atoms with Crippen molar-refractivity contribution in [2.45, 2.75) is 29.6 Å². The van der Waals surface area contributed by atoms with Crippen molar-refractivity contribution >= 4 is 10.1 Å². The lowest BCUT2D eigenvalue weighted by molar-refractivity contribution is -0.495. The molecule has 0 saturated heterocycles. The van der Waals surface area contributed by atoms with E-state index in [9.17, 15) is 56.7 Å². The molecule has 4 nitrogen and oxygen atoms in total. The first kappa shape index (κ1) is 20.1. The summed E-state index contributed by atoms with van der Waals surface area (Å²) in [6.45, 7) is 0. The number of alkyl halides is 11. The molecule has 0 bridgehead atoms. The Bertz CT molecular complexity index is 474. The van der Waals surface area contributed by atoms with Crippen LogP contribution in [-0.4, -0.2) is 42.5 Å². The van der Waals surface area contributed by atoms with Gasteiger partial charge >= 0.3 is 39.7 Å². The predicted molar refractivity (Wildman–Crippen MR) is 38.5 cm³/mol. The summed E-state index contributed by atoms with van der Waals surface area (Å²) in [5, 5.41) is -6.99. The Morgan fingerprint density at radius 3 is 1.19 bits per heavy atom. The summed E-state index contributed by atoms with van der Waals surface area (Å²) >= 11 is 0. The van der Waals surface area contributed by atoms with Crippen LogP contribution < -0.4 is 0 Å². The van der Waals surface area contributed by atoms with Crippen molar-refractivity contribution in [3.05, 3.63) is 0 Å². The molecule has 0 atom stereocenters. The van der Waals surface area contributed by atoms with Crippen molar-refractivity contribution < 1.29 is 66.0 Å². The van der Waals surface area contributed by atoms with Gasteiger partial charge in [0.2, 0.25) is 0 Å². The van der Waals surface area contributed by atoms with Crippen molar-refractivity contribution in [3.8, 4) is 0 Å². The number of hydrogen-bond acceptors (Lipinski definition) is 3.